The van der Waals surface area contributed by atoms with Gasteiger partial charge in [-0.1, -0.05) is 127 Å². The van der Waals surface area contributed by atoms with Gasteiger partial charge in [-0.3, -0.25) is 9.98 Å². The second kappa shape index (κ2) is 25.5. The average Bonchev–Trinajstić information content (AvgIpc) is 3.27. The Hall–Kier alpha value is -5.13. The van der Waals surface area contributed by atoms with Crippen LogP contribution in [0.2, 0.25) is 0 Å². The number of benzene rings is 7. The topological polar surface area (TPSA) is 117 Å². The first-order chi connectivity index (χ1) is 28.7. The molecule has 0 aliphatic heterocycles. The molecule has 0 amide bonds. The molecular weight excluding hydrogens is 854 g/mol. The molecule has 0 radical (unpaired) electrons. The predicted octanol–water partition coefficient (Wildman–Crippen LogP) is 5.04. The van der Waals surface area contributed by atoms with Crippen LogP contribution in [0.15, 0.2) is 230 Å². The van der Waals surface area contributed by atoms with E-state index in [2.05, 4.69) is 224 Å². The van der Waals surface area contributed by atoms with E-state index in [1.807, 2.05) is 18.2 Å². The summed E-state index contributed by atoms with van der Waals surface area (Å²) >= 11 is 0. The first-order valence-corrected chi connectivity index (χ1v) is 23.1. The van der Waals surface area contributed by atoms with Crippen LogP contribution >= 0.6 is 15.8 Å². The molecule has 8 aromatic rings. The summed E-state index contributed by atoms with van der Waals surface area (Å²) in [6.45, 7) is 4.13. The molecule has 0 bridgehead atoms. The van der Waals surface area contributed by atoms with Crippen molar-refractivity contribution in [2.45, 2.75) is 13.8 Å². The Morgan fingerprint density at radius 2 is 0.733 bits per heavy atom. The van der Waals surface area contributed by atoms with Crippen molar-refractivity contribution in [3.63, 3.8) is 0 Å². The molecular formula is C50H46ClCuN2O4P2+2. The van der Waals surface area contributed by atoms with Gasteiger partial charge in [-0.2, -0.15) is 0 Å². The number of nitrogens with zero attached hydrogens (tertiary/aromatic N) is 2. The zero-order valence-corrected chi connectivity index (χ0v) is 36.8. The van der Waals surface area contributed by atoms with Gasteiger partial charge in [0.1, 0.15) is 31.8 Å². The summed E-state index contributed by atoms with van der Waals surface area (Å²) in [7, 11) is -6.70. The zero-order chi connectivity index (χ0) is 41.7. The van der Waals surface area contributed by atoms with Gasteiger partial charge in [0.05, 0.1) is 33.4 Å². The number of hydrogen-bond acceptors (Lipinski definition) is 6. The maximum absolute atomic E-state index is 8.49. The van der Waals surface area contributed by atoms with E-state index in [-0.39, 0.29) is 17.1 Å². The monoisotopic (exact) mass is 898 g/mol. The molecule has 0 unspecified atom stereocenters. The number of hydrogen-bond donors (Lipinski definition) is 0. The van der Waals surface area contributed by atoms with E-state index in [0.29, 0.717) is 0 Å². The van der Waals surface area contributed by atoms with Crippen molar-refractivity contribution >= 4 is 59.6 Å². The van der Waals surface area contributed by atoms with Crippen LogP contribution in [0.25, 0.3) is 0 Å². The van der Waals surface area contributed by atoms with Gasteiger partial charge in [0.2, 0.25) is 0 Å². The Balaban J connectivity index is 0.000000187. The van der Waals surface area contributed by atoms with Crippen LogP contribution in [0.3, 0.4) is 0 Å². The molecule has 10 heteroatoms. The molecule has 0 saturated heterocycles. The Bertz CT molecular complexity index is 2090. The normalized spacial score (nSPS) is 10.6. The van der Waals surface area contributed by atoms with Gasteiger partial charge < -0.3 is 0 Å². The number of aliphatic imine (C=N–C) groups is 1. The number of aromatic nitrogens is 1. The first-order valence-electron chi connectivity index (χ1n) is 18.9. The van der Waals surface area contributed by atoms with Gasteiger partial charge in [0.15, 0.2) is 0 Å². The average molecular weight is 900 g/mol. The van der Waals surface area contributed by atoms with E-state index < -0.39 is 26.1 Å². The fourth-order valence-corrected chi connectivity index (χ4v) is 11.2. The number of pyridine rings is 1. The second-order valence-corrected chi connectivity index (χ2v) is 18.8. The molecule has 0 fully saturated rings. The molecule has 0 aliphatic rings. The van der Waals surface area contributed by atoms with E-state index in [0.717, 1.165) is 11.4 Å². The van der Waals surface area contributed by atoms with Crippen LogP contribution in [0.4, 0.5) is 5.69 Å². The first kappa shape index (κ1) is 47.5. The summed E-state index contributed by atoms with van der Waals surface area (Å²) in [5, 5.41) is 8.61. The van der Waals surface area contributed by atoms with Crippen LogP contribution in [-0.2, 0) is 17.1 Å². The summed E-state index contributed by atoms with van der Waals surface area (Å²) in [4.78, 5) is 8.65. The Kier molecular flexibility index (Phi) is 20.2. The number of halogens is 1. The third kappa shape index (κ3) is 16.5. The van der Waals surface area contributed by atoms with Gasteiger partial charge in [0.25, 0.3) is 0 Å². The van der Waals surface area contributed by atoms with E-state index in [4.69, 9.17) is 18.6 Å². The van der Waals surface area contributed by atoms with Gasteiger partial charge >= 0.3 is 17.1 Å². The molecule has 7 aromatic carbocycles. The third-order valence-electron chi connectivity index (χ3n) is 8.76. The summed E-state index contributed by atoms with van der Waals surface area (Å²) in [6.07, 6.45) is 3.56. The smallest absolute Gasteiger partial charge is 0.255 e. The second-order valence-electron chi connectivity index (χ2n) is 13.1. The Morgan fingerprint density at radius 3 is 1.02 bits per heavy atom. The third-order valence-corrected chi connectivity index (χ3v) is 14.2. The van der Waals surface area contributed by atoms with Gasteiger partial charge in [-0.25, -0.2) is 18.6 Å². The van der Waals surface area contributed by atoms with Gasteiger partial charge in [-0.05, 0) is 116 Å². The molecule has 0 aliphatic carbocycles. The molecule has 6 nitrogen and oxygen atoms in total. The molecule has 0 saturated carbocycles. The maximum atomic E-state index is 8.49. The quantitative estimate of drug-likeness (QED) is 0.120. The molecule has 0 spiro atoms. The van der Waals surface area contributed by atoms with Crippen LogP contribution in [0.5, 0.6) is 0 Å². The van der Waals surface area contributed by atoms with Crippen molar-refractivity contribution in [1.82, 2.24) is 4.98 Å². The summed E-state index contributed by atoms with van der Waals surface area (Å²) in [5.74, 6) is 0. The molecule has 1 aromatic heterocycles. The summed E-state index contributed by atoms with van der Waals surface area (Å²) in [6, 6.07) is 77.0. The zero-order valence-electron chi connectivity index (χ0n) is 33.1. The van der Waals surface area contributed by atoms with Crippen molar-refractivity contribution in [2.75, 3.05) is 0 Å². The maximum Gasteiger partial charge on any atom is 1.00 e. The molecule has 306 valence electrons. The van der Waals surface area contributed by atoms with Crippen molar-refractivity contribution in [3.8, 4) is 0 Å². The molecule has 0 N–H and O–H groups in total. The van der Waals surface area contributed by atoms with Gasteiger partial charge in [0, 0.05) is 6.20 Å². The SMILES string of the molecule is Cc1ccc(C)c(N=Cc2ccccn2)c1.[Cu+].[O-][Cl+3]([O-])([O-])[O-].c1ccc([PH+](c2ccccc2)c2ccccc2)cc1.c1ccc([PH+](c2ccccc2)c2ccccc2)cc1. The Morgan fingerprint density at radius 1 is 0.433 bits per heavy atom. The van der Waals surface area contributed by atoms with Crippen molar-refractivity contribution in [1.29, 1.82) is 0 Å². The minimum absolute atomic E-state index is 0. The fourth-order valence-electron chi connectivity index (χ4n) is 6.08. The van der Waals surface area contributed by atoms with E-state index in [1.165, 1.54) is 43.0 Å². The molecule has 0 atom stereocenters. The van der Waals surface area contributed by atoms with Crippen molar-refractivity contribution < 1.29 is 45.9 Å². The van der Waals surface area contributed by atoms with Crippen molar-refractivity contribution in [2.24, 2.45) is 4.99 Å². The van der Waals surface area contributed by atoms with Crippen molar-refractivity contribution in [3.05, 3.63) is 241 Å². The van der Waals surface area contributed by atoms with E-state index in [9.17, 15) is 0 Å². The van der Waals surface area contributed by atoms with Crippen LogP contribution < -0.4 is 50.5 Å². The van der Waals surface area contributed by atoms with Crippen LogP contribution in [0.1, 0.15) is 16.8 Å². The predicted molar refractivity (Wildman–Crippen MR) is 240 cm³/mol. The molecule has 1 heterocycles. The number of aryl methyl sites for hydroxylation is 2. The summed E-state index contributed by atoms with van der Waals surface area (Å²) < 4.78 is 34.0. The summed E-state index contributed by atoms with van der Waals surface area (Å²) in [5.41, 5.74) is 4.28. The van der Waals surface area contributed by atoms with Crippen LogP contribution in [0, 0.1) is 24.1 Å². The minimum Gasteiger partial charge on any atom is -0.255 e. The fraction of sp³-hybridized carbons (Fsp3) is 0.0400. The minimum atomic E-state index is -4.94. The standard InChI is InChI=1S/2C18H15P.C14H14N2.ClHO4.Cu/c2*1-4-10-16(11-5-1)19(17-12-6-2-7-13-17)18-14-8-3-9-15-18;1-11-6-7-12(2)14(9-11)16-10-13-5-3-4-8-15-13;2-1(3,4)5;/h2*1-15H;3-10H,1-2H3;(H,2,3,4,5);/q;;;;+1/p+1. The van der Waals surface area contributed by atoms with Gasteiger partial charge in [-0.15, -0.1) is 10.2 Å². The van der Waals surface area contributed by atoms with Crippen LogP contribution in [-0.4, -0.2) is 11.2 Å². The van der Waals surface area contributed by atoms with E-state index in [1.54, 1.807) is 12.4 Å². The number of rotatable bonds is 8. The Labute approximate surface area is 368 Å². The van der Waals surface area contributed by atoms with E-state index >= 15 is 0 Å². The largest absolute Gasteiger partial charge is 1.00 e. The molecule has 60 heavy (non-hydrogen) atoms. The molecule has 8 rings (SSSR count).